The van der Waals surface area contributed by atoms with Gasteiger partial charge < -0.3 is 9.64 Å². The fourth-order valence-electron chi connectivity index (χ4n) is 3.77. The predicted molar refractivity (Wildman–Crippen MR) is 93.2 cm³/mol. The molecule has 1 amide bonds. The third kappa shape index (κ3) is 3.81. The lowest BCUT2D eigenvalue weighted by atomic mass is 9.89. The molecule has 6 nitrogen and oxygen atoms in total. The second kappa shape index (κ2) is 7.66. The Morgan fingerprint density at radius 1 is 1.21 bits per heavy atom. The van der Waals surface area contributed by atoms with E-state index in [2.05, 4.69) is 35.9 Å². The van der Waals surface area contributed by atoms with Gasteiger partial charge in [0.1, 0.15) is 5.69 Å². The molecule has 0 radical (unpaired) electrons. The molecule has 0 aromatic carbocycles. The van der Waals surface area contributed by atoms with Crippen molar-refractivity contribution >= 4 is 5.91 Å². The van der Waals surface area contributed by atoms with E-state index in [9.17, 15) is 4.79 Å². The summed E-state index contributed by atoms with van der Waals surface area (Å²) in [6.07, 6.45) is 2.15. The first-order valence-electron chi connectivity index (χ1n) is 9.22. The maximum absolute atomic E-state index is 12.6. The minimum atomic E-state index is 0.0654. The molecule has 3 rings (SSSR count). The highest BCUT2D eigenvalue weighted by atomic mass is 16.5. The minimum absolute atomic E-state index is 0.0654. The average Bonchev–Trinajstić information content (AvgIpc) is 3.12. The van der Waals surface area contributed by atoms with E-state index in [-0.39, 0.29) is 5.91 Å². The Morgan fingerprint density at radius 3 is 2.46 bits per heavy atom. The number of carbonyl (C=O) groups is 1. The maximum atomic E-state index is 12.6. The lowest BCUT2D eigenvalue weighted by Gasteiger charge is -2.40. The van der Waals surface area contributed by atoms with Gasteiger partial charge in [0, 0.05) is 37.9 Å². The number of aromatic nitrogens is 2. The minimum Gasteiger partial charge on any atom is -0.379 e. The van der Waals surface area contributed by atoms with Crippen molar-refractivity contribution in [1.29, 1.82) is 0 Å². The Labute approximate surface area is 144 Å². The van der Waals surface area contributed by atoms with Crippen LogP contribution in [0.2, 0.25) is 0 Å². The summed E-state index contributed by atoms with van der Waals surface area (Å²) in [5.41, 5.74) is 1.58. The molecule has 2 aliphatic rings. The first kappa shape index (κ1) is 17.4. The van der Waals surface area contributed by atoms with Gasteiger partial charge in [-0.05, 0) is 37.7 Å². The van der Waals surface area contributed by atoms with Crippen LogP contribution in [0.4, 0.5) is 0 Å². The number of aromatic amines is 1. The normalized spacial score (nSPS) is 22.1. The Morgan fingerprint density at radius 2 is 1.88 bits per heavy atom. The fraction of sp³-hybridized carbons (Fsp3) is 0.778. The zero-order chi connectivity index (χ0) is 17.1. The summed E-state index contributed by atoms with van der Waals surface area (Å²) >= 11 is 0. The van der Waals surface area contributed by atoms with Crippen LogP contribution in [0.3, 0.4) is 0 Å². The summed E-state index contributed by atoms with van der Waals surface area (Å²) in [6, 6.07) is 2.47. The van der Waals surface area contributed by atoms with Crippen LogP contribution in [0.15, 0.2) is 6.07 Å². The Kier molecular flexibility index (Phi) is 5.56. The van der Waals surface area contributed by atoms with Crippen LogP contribution >= 0.6 is 0 Å². The standard InChI is InChI=1S/C18H30N4O2/c1-13(2)16-12-17(20-19-16)18(23)22-6-4-15(5-7-22)14(3)21-8-10-24-11-9-21/h12-15H,4-11H2,1-3H3,(H,19,20)/t14-/m0/s1. The topological polar surface area (TPSA) is 61.5 Å². The third-order valence-electron chi connectivity index (χ3n) is 5.57. The Bertz CT molecular complexity index is 543. The number of H-pyrrole nitrogens is 1. The third-order valence-corrected chi connectivity index (χ3v) is 5.57. The highest BCUT2D eigenvalue weighted by Crippen LogP contribution is 2.25. The van der Waals surface area contributed by atoms with Gasteiger partial charge in [-0.3, -0.25) is 14.8 Å². The molecule has 1 aromatic heterocycles. The lowest BCUT2D eigenvalue weighted by Crippen LogP contribution is -2.49. The number of ether oxygens (including phenoxy) is 1. The van der Waals surface area contributed by atoms with Gasteiger partial charge in [0.2, 0.25) is 0 Å². The zero-order valence-corrected chi connectivity index (χ0v) is 15.1. The van der Waals surface area contributed by atoms with Crippen molar-refractivity contribution in [3.8, 4) is 0 Å². The van der Waals surface area contributed by atoms with Crippen molar-refractivity contribution in [2.45, 2.75) is 45.6 Å². The van der Waals surface area contributed by atoms with Gasteiger partial charge in [-0.1, -0.05) is 13.8 Å². The number of amides is 1. The lowest BCUT2D eigenvalue weighted by molar-refractivity contribution is -0.000986. The Hall–Kier alpha value is -1.40. The molecule has 6 heteroatoms. The summed E-state index contributed by atoms with van der Waals surface area (Å²) < 4.78 is 5.45. The molecule has 2 aliphatic heterocycles. The molecule has 0 unspecified atom stereocenters. The number of rotatable bonds is 4. The number of nitrogens with zero attached hydrogens (tertiary/aromatic N) is 3. The van der Waals surface area contributed by atoms with E-state index in [0.29, 0.717) is 23.6 Å². The number of piperidine rings is 1. The van der Waals surface area contributed by atoms with Gasteiger partial charge in [-0.25, -0.2) is 0 Å². The van der Waals surface area contributed by atoms with E-state index in [4.69, 9.17) is 4.74 Å². The molecular weight excluding hydrogens is 304 g/mol. The summed E-state index contributed by atoms with van der Waals surface area (Å²) in [5.74, 6) is 1.09. The number of hydrogen-bond donors (Lipinski definition) is 1. The Balaban J connectivity index is 1.53. The van der Waals surface area contributed by atoms with Crippen molar-refractivity contribution in [2.24, 2.45) is 5.92 Å². The molecule has 24 heavy (non-hydrogen) atoms. The zero-order valence-electron chi connectivity index (χ0n) is 15.1. The van der Waals surface area contributed by atoms with Crippen LogP contribution in [0.5, 0.6) is 0 Å². The quantitative estimate of drug-likeness (QED) is 0.916. The molecule has 134 valence electrons. The van der Waals surface area contributed by atoms with Crippen LogP contribution in [0.1, 0.15) is 55.7 Å². The summed E-state index contributed by atoms with van der Waals surface area (Å²) in [6.45, 7) is 12.0. The second-order valence-corrected chi connectivity index (χ2v) is 7.38. The SMILES string of the molecule is CC(C)c1cc(C(=O)N2CCC([C@H](C)N3CCOCC3)CC2)n[nH]1. The van der Waals surface area contributed by atoms with Gasteiger partial charge in [0.05, 0.1) is 13.2 Å². The second-order valence-electron chi connectivity index (χ2n) is 7.38. The van der Waals surface area contributed by atoms with Crippen molar-refractivity contribution < 1.29 is 9.53 Å². The predicted octanol–water partition coefficient (Wildman–Crippen LogP) is 2.11. The van der Waals surface area contributed by atoms with E-state index in [1.54, 1.807) is 0 Å². The number of hydrogen-bond acceptors (Lipinski definition) is 4. The van der Waals surface area contributed by atoms with Gasteiger partial charge in [0.25, 0.3) is 5.91 Å². The molecule has 2 saturated heterocycles. The van der Waals surface area contributed by atoms with E-state index < -0.39 is 0 Å². The average molecular weight is 334 g/mol. The van der Waals surface area contributed by atoms with E-state index in [1.165, 1.54) is 0 Å². The van der Waals surface area contributed by atoms with Gasteiger partial charge in [-0.2, -0.15) is 5.10 Å². The highest BCUT2D eigenvalue weighted by Gasteiger charge is 2.31. The first-order valence-corrected chi connectivity index (χ1v) is 9.22. The summed E-state index contributed by atoms with van der Waals surface area (Å²) in [5, 5.41) is 7.18. The number of nitrogens with one attached hydrogen (secondary N) is 1. The number of morpholine rings is 1. The fourth-order valence-corrected chi connectivity index (χ4v) is 3.77. The van der Waals surface area contributed by atoms with Crippen molar-refractivity contribution in [1.82, 2.24) is 20.0 Å². The summed E-state index contributed by atoms with van der Waals surface area (Å²) in [7, 11) is 0. The van der Waals surface area contributed by atoms with Crippen molar-refractivity contribution in [3.05, 3.63) is 17.5 Å². The van der Waals surface area contributed by atoms with Crippen molar-refractivity contribution in [3.63, 3.8) is 0 Å². The molecular formula is C18H30N4O2. The van der Waals surface area contributed by atoms with E-state index in [0.717, 1.165) is 57.9 Å². The van der Waals surface area contributed by atoms with Gasteiger partial charge in [-0.15, -0.1) is 0 Å². The van der Waals surface area contributed by atoms with Gasteiger partial charge >= 0.3 is 0 Å². The van der Waals surface area contributed by atoms with Crippen LogP contribution in [-0.2, 0) is 4.74 Å². The number of carbonyl (C=O) groups excluding carboxylic acids is 1. The molecule has 0 saturated carbocycles. The molecule has 1 aromatic rings. The van der Waals surface area contributed by atoms with E-state index >= 15 is 0 Å². The molecule has 3 heterocycles. The monoisotopic (exact) mass is 334 g/mol. The first-order chi connectivity index (χ1) is 11.6. The van der Waals surface area contributed by atoms with Crippen LogP contribution in [-0.4, -0.2) is 71.3 Å². The highest BCUT2D eigenvalue weighted by molar-refractivity contribution is 5.92. The largest absolute Gasteiger partial charge is 0.379 e. The van der Waals surface area contributed by atoms with E-state index in [1.807, 2.05) is 11.0 Å². The van der Waals surface area contributed by atoms with Crippen LogP contribution in [0.25, 0.3) is 0 Å². The van der Waals surface area contributed by atoms with Crippen LogP contribution in [0, 0.1) is 5.92 Å². The molecule has 1 atom stereocenters. The number of likely N-dealkylation sites (tertiary alicyclic amines) is 1. The molecule has 0 spiro atoms. The smallest absolute Gasteiger partial charge is 0.274 e. The molecule has 0 aliphatic carbocycles. The van der Waals surface area contributed by atoms with Gasteiger partial charge in [0.15, 0.2) is 0 Å². The molecule has 1 N–H and O–H groups in total. The van der Waals surface area contributed by atoms with Crippen molar-refractivity contribution in [2.75, 3.05) is 39.4 Å². The molecule has 0 bridgehead atoms. The summed E-state index contributed by atoms with van der Waals surface area (Å²) in [4.78, 5) is 17.1. The van der Waals surface area contributed by atoms with Crippen LogP contribution < -0.4 is 0 Å². The maximum Gasteiger partial charge on any atom is 0.274 e. The molecule has 2 fully saturated rings.